The van der Waals surface area contributed by atoms with Crippen molar-refractivity contribution >= 4 is 11.3 Å². The summed E-state index contributed by atoms with van der Waals surface area (Å²) in [4.78, 5) is 4.33. The van der Waals surface area contributed by atoms with E-state index in [1.165, 1.54) is 6.07 Å². The Morgan fingerprint density at radius 3 is 2.89 bits per heavy atom. The topological polar surface area (TPSA) is 24.9 Å². The van der Waals surface area contributed by atoms with E-state index < -0.39 is 5.82 Å². The Balaban J connectivity index is 1.80. The minimum Gasteiger partial charge on any atom is -0.312 e. The van der Waals surface area contributed by atoms with Crippen LogP contribution in [0.4, 0.5) is 8.78 Å². The van der Waals surface area contributed by atoms with Gasteiger partial charge in [0.25, 0.3) is 0 Å². The Morgan fingerprint density at radius 1 is 1.33 bits per heavy atom. The van der Waals surface area contributed by atoms with E-state index in [1.54, 1.807) is 11.3 Å². The summed E-state index contributed by atoms with van der Waals surface area (Å²) in [5, 5.41) is 6.14. The lowest BCUT2D eigenvalue weighted by atomic mass is 10.2. The van der Waals surface area contributed by atoms with E-state index in [9.17, 15) is 8.78 Å². The van der Waals surface area contributed by atoms with E-state index in [0.717, 1.165) is 29.3 Å². The third kappa shape index (κ3) is 3.58. The number of hydrogen-bond donors (Lipinski definition) is 1. The number of nitrogens with one attached hydrogen (secondary N) is 1. The molecule has 2 nitrogen and oxygen atoms in total. The lowest BCUT2D eigenvalue weighted by Crippen LogP contribution is -2.17. The van der Waals surface area contributed by atoms with Crippen LogP contribution in [0.3, 0.4) is 0 Å². The first kappa shape index (κ1) is 13.1. The van der Waals surface area contributed by atoms with Crippen molar-refractivity contribution in [2.75, 3.05) is 6.54 Å². The molecule has 0 spiro atoms. The fraction of sp³-hybridized carbons (Fsp3) is 0.308. The van der Waals surface area contributed by atoms with Crippen LogP contribution in [0.5, 0.6) is 0 Å². The predicted octanol–water partition coefficient (Wildman–Crippen LogP) is 3.06. The average Bonchev–Trinajstić information content (AvgIpc) is 2.75. The van der Waals surface area contributed by atoms with Crippen LogP contribution in [0.15, 0.2) is 23.6 Å². The lowest BCUT2D eigenvalue weighted by molar-refractivity contribution is 0.569. The molecule has 0 aliphatic rings. The predicted molar refractivity (Wildman–Crippen MR) is 68.6 cm³/mol. The van der Waals surface area contributed by atoms with E-state index >= 15 is 0 Å². The maximum atomic E-state index is 13.3. The molecule has 0 aliphatic carbocycles. The highest BCUT2D eigenvalue weighted by molar-refractivity contribution is 7.09. The van der Waals surface area contributed by atoms with Gasteiger partial charge in [-0.15, -0.1) is 11.3 Å². The summed E-state index contributed by atoms with van der Waals surface area (Å²) < 4.78 is 26.2. The Bertz CT molecular complexity index is 525. The van der Waals surface area contributed by atoms with E-state index in [2.05, 4.69) is 10.3 Å². The van der Waals surface area contributed by atoms with Gasteiger partial charge in [0.15, 0.2) is 0 Å². The van der Waals surface area contributed by atoms with Crippen molar-refractivity contribution in [2.45, 2.75) is 19.9 Å². The van der Waals surface area contributed by atoms with Gasteiger partial charge in [0.1, 0.15) is 11.6 Å². The van der Waals surface area contributed by atoms with Crippen molar-refractivity contribution in [3.8, 4) is 0 Å². The molecule has 0 fully saturated rings. The molecule has 0 bridgehead atoms. The first-order valence-corrected chi connectivity index (χ1v) is 6.59. The molecule has 5 heteroatoms. The van der Waals surface area contributed by atoms with Gasteiger partial charge in [-0.25, -0.2) is 13.8 Å². The van der Waals surface area contributed by atoms with Crippen LogP contribution in [0.2, 0.25) is 0 Å². The summed E-state index contributed by atoms with van der Waals surface area (Å²) in [7, 11) is 0. The molecule has 2 aromatic rings. The molecule has 1 N–H and O–H groups in total. The standard InChI is InChI=1S/C13H14F2N2S/c1-9-8-18-13(17-9)4-5-16-7-10-6-11(14)2-3-12(10)15/h2-3,6,8,16H,4-5,7H2,1H3. The zero-order valence-corrected chi connectivity index (χ0v) is 10.9. The van der Waals surface area contributed by atoms with Crippen LogP contribution in [0.25, 0.3) is 0 Å². The minimum absolute atomic E-state index is 0.327. The highest BCUT2D eigenvalue weighted by Crippen LogP contribution is 2.10. The fourth-order valence-corrected chi connectivity index (χ4v) is 2.39. The lowest BCUT2D eigenvalue weighted by Gasteiger charge is -2.05. The van der Waals surface area contributed by atoms with E-state index in [-0.39, 0.29) is 5.82 Å². The van der Waals surface area contributed by atoms with Crippen molar-refractivity contribution in [3.63, 3.8) is 0 Å². The van der Waals surface area contributed by atoms with Crippen LogP contribution in [0, 0.1) is 18.6 Å². The van der Waals surface area contributed by atoms with Crippen LogP contribution in [0.1, 0.15) is 16.3 Å². The van der Waals surface area contributed by atoms with Gasteiger partial charge in [-0.2, -0.15) is 0 Å². The minimum atomic E-state index is -0.413. The largest absolute Gasteiger partial charge is 0.312 e. The van der Waals surface area contributed by atoms with Gasteiger partial charge in [0.2, 0.25) is 0 Å². The third-order valence-electron chi connectivity index (χ3n) is 2.51. The van der Waals surface area contributed by atoms with Gasteiger partial charge < -0.3 is 5.32 Å². The van der Waals surface area contributed by atoms with Crippen molar-refractivity contribution in [1.82, 2.24) is 10.3 Å². The first-order valence-electron chi connectivity index (χ1n) is 5.71. The van der Waals surface area contributed by atoms with Gasteiger partial charge in [0, 0.05) is 36.1 Å². The molecular formula is C13H14F2N2S. The average molecular weight is 268 g/mol. The number of halogens is 2. The van der Waals surface area contributed by atoms with Crippen molar-refractivity contribution < 1.29 is 8.78 Å². The highest BCUT2D eigenvalue weighted by Gasteiger charge is 2.03. The molecule has 0 unspecified atom stereocenters. The molecular weight excluding hydrogens is 254 g/mol. The molecule has 0 atom stereocenters. The molecule has 1 heterocycles. The summed E-state index contributed by atoms with van der Waals surface area (Å²) in [5.74, 6) is -0.794. The molecule has 1 aromatic carbocycles. The van der Waals surface area contributed by atoms with Crippen LogP contribution in [-0.2, 0) is 13.0 Å². The van der Waals surface area contributed by atoms with E-state index in [1.807, 2.05) is 12.3 Å². The maximum Gasteiger partial charge on any atom is 0.127 e. The molecule has 0 saturated heterocycles. The smallest absolute Gasteiger partial charge is 0.127 e. The van der Waals surface area contributed by atoms with Gasteiger partial charge in [-0.1, -0.05) is 0 Å². The number of thiazole rings is 1. The molecule has 1 aromatic heterocycles. The molecule has 0 aliphatic heterocycles. The molecule has 2 rings (SSSR count). The Labute approximate surface area is 109 Å². The number of nitrogens with zero attached hydrogens (tertiary/aromatic N) is 1. The maximum absolute atomic E-state index is 13.3. The van der Waals surface area contributed by atoms with E-state index in [4.69, 9.17) is 0 Å². The fourth-order valence-electron chi connectivity index (χ4n) is 1.61. The summed E-state index contributed by atoms with van der Waals surface area (Å²) >= 11 is 1.62. The summed E-state index contributed by atoms with van der Waals surface area (Å²) in [6.45, 7) is 2.98. The number of aromatic nitrogens is 1. The Hall–Kier alpha value is -1.33. The molecule has 18 heavy (non-hydrogen) atoms. The quantitative estimate of drug-likeness (QED) is 0.843. The first-order chi connectivity index (χ1) is 8.65. The molecule has 96 valence electrons. The second-order valence-corrected chi connectivity index (χ2v) is 4.99. The van der Waals surface area contributed by atoms with Gasteiger partial charge >= 0.3 is 0 Å². The third-order valence-corrected chi connectivity index (χ3v) is 3.53. The van der Waals surface area contributed by atoms with Gasteiger partial charge in [-0.05, 0) is 25.1 Å². The number of rotatable bonds is 5. The van der Waals surface area contributed by atoms with Crippen LogP contribution in [-0.4, -0.2) is 11.5 Å². The summed E-state index contributed by atoms with van der Waals surface area (Å²) in [6.07, 6.45) is 0.801. The zero-order chi connectivity index (χ0) is 13.0. The van der Waals surface area contributed by atoms with Crippen LogP contribution < -0.4 is 5.32 Å². The van der Waals surface area contributed by atoms with Gasteiger partial charge in [0.05, 0.1) is 5.01 Å². The van der Waals surface area contributed by atoms with Crippen molar-refractivity contribution in [2.24, 2.45) is 0 Å². The number of aryl methyl sites for hydroxylation is 1. The van der Waals surface area contributed by atoms with Crippen molar-refractivity contribution in [1.29, 1.82) is 0 Å². The Kier molecular flexibility index (Phi) is 4.38. The van der Waals surface area contributed by atoms with Gasteiger partial charge in [-0.3, -0.25) is 0 Å². The molecule has 0 amide bonds. The second-order valence-electron chi connectivity index (χ2n) is 4.05. The highest BCUT2D eigenvalue weighted by atomic mass is 32.1. The van der Waals surface area contributed by atoms with E-state index in [0.29, 0.717) is 18.7 Å². The second kappa shape index (κ2) is 6.02. The summed E-state index contributed by atoms with van der Waals surface area (Å²) in [5.41, 5.74) is 1.37. The SMILES string of the molecule is Cc1csc(CCNCc2cc(F)ccc2F)n1. The number of hydrogen-bond acceptors (Lipinski definition) is 3. The molecule has 0 radical (unpaired) electrons. The number of benzene rings is 1. The molecule has 0 saturated carbocycles. The normalized spacial score (nSPS) is 10.8. The van der Waals surface area contributed by atoms with Crippen molar-refractivity contribution in [3.05, 3.63) is 51.5 Å². The monoisotopic (exact) mass is 268 g/mol. The zero-order valence-electron chi connectivity index (χ0n) is 10.0. The van der Waals surface area contributed by atoms with Crippen LogP contribution >= 0.6 is 11.3 Å². The Morgan fingerprint density at radius 2 is 2.17 bits per heavy atom. The summed E-state index contributed by atoms with van der Waals surface area (Å²) in [6, 6.07) is 3.49.